The molecule has 32 heavy (non-hydrogen) atoms. The van der Waals surface area contributed by atoms with E-state index in [1.54, 1.807) is 0 Å². The summed E-state index contributed by atoms with van der Waals surface area (Å²) >= 11 is 0. The quantitative estimate of drug-likeness (QED) is 0.311. The summed E-state index contributed by atoms with van der Waals surface area (Å²) in [5.74, 6) is -1.04. The predicted molar refractivity (Wildman–Crippen MR) is 121 cm³/mol. The molecular weight excluding hydrogens is 456 g/mol. The lowest BCUT2D eigenvalue weighted by Crippen LogP contribution is -2.16. The highest BCUT2D eigenvalue weighted by Crippen LogP contribution is 2.20. The topological polar surface area (TPSA) is 206 Å². The summed E-state index contributed by atoms with van der Waals surface area (Å²) < 4.78 is 45.0. The molecule has 10 nitrogen and oxygen atoms in total. The third kappa shape index (κ3) is 5.93. The van der Waals surface area contributed by atoms with Gasteiger partial charge in [-0.15, -0.1) is 0 Å². The second-order valence-corrected chi connectivity index (χ2v) is 8.10. The molecule has 0 fully saturated rings. The monoisotopic (exact) mass is 474 g/mol. The number of benzene rings is 1. The molecule has 0 heterocycles. The molecule has 0 spiro atoms. The van der Waals surface area contributed by atoms with E-state index in [9.17, 15) is 26.4 Å². The minimum atomic E-state index is -2.54. The molecule has 0 bridgehead atoms. The van der Waals surface area contributed by atoms with E-state index in [-0.39, 0.29) is 32.3 Å². The zero-order valence-electron chi connectivity index (χ0n) is 16.3. The third-order valence-electron chi connectivity index (χ3n) is 4.11. The number of hydrogen-bond donors (Lipinski definition) is 4. The van der Waals surface area contributed by atoms with Crippen LogP contribution in [0.2, 0.25) is 0 Å². The molecule has 2 aliphatic rings. The number of carbonyl (C=O) groups is 2. The summed E-state index contributed by atoms with van der Waals surface area (Å²) in [6.07, 6.45) is 8.46. The van der Waals surface area contributed by atoms with Crippen LogP contribution in [-0.4, -0.2) is 38.4 Å². The van der Waals surface area contributed by atoms with Crippen LogP contribution in [0.4, 0.5) is 0 Å². The summed E-state index contributed by atoms with van der Waals surface area (Å²) in [4.78, 5) is 21.0. The molecule has 1 aromatic rings. The summed E-state index contributed by atoms with van der Waals surface area (Å²) in [5.41, 5.74) is 22.8. The molecule has 2 aliphatic carbocycles. The highest BCUT2D eigenvalue weighted by atomic mass is 32.2. The molecule has 8 N–H and O–H groups in total. The summed E-state index contributed by atoms with van der Waals surface area (Å²) in [5, 5.41) is 0. The van der Waals surface area contributed by atoms with Gasteiger partial charge in [0, 0.05) is 33.7 Å². The molecule has 0 radical (unpaired) electrons. The molecule has 166 valence electrons. The van der Waals surface area contributed by atoms with Gasteiger partial charge in [-0.3, -0.25) is 9.59 Å². The van der Waals surface area contributed by atoms with Crippen molar-refractivity contribution < 1.29 is 26.4 Å². The Balaban J connectivity index is 0.000000258. The van der Waals surface area contributed by atoms with Crippen LogP contribution in [-0.2, 0) is 20.6 Å². The van der Waals surface area contributed by atoms with Gasteiger partial charge in [-0.1, -0.05) is 12.2 Å². The summed E-state index contributed by atoms with van der Waals surface area (Å²) in [7, 11) is -5.08. The van der Waals surface area contributed by atoms with E-state index in [4.69, 9.17) is 22.9 Å². The minimum Gasteiger partial charge on any atom is -0.399 e. The number of rotatable bonds is 2. The lowest BCUT2D eigenvalue weighted by Gasteiger charge is -2.13. The second-order valence-electron chi connectivity index (χ2n) is 6.29. The van der Waals surface area contributed by atoms with E-state index in [1.807, 2.05) is 0 Å². The standard InChI is InChI=1S/C12H10N2O4S2.C8H8N2O2/c13-7-1-3-9(11(5-7)19(15)16)10-4-2-8(14)6-12(10)20(17)18;9-7(11)5-1-2-6(4-3-5)8(10)12/h1-6H,13-14H2;1-4H,(H2,9,11)(H2,10,12). The number of primary amides is 2. The van der Waals surface area contributed by atoms with Crippen LogP contribution in [0, 0.1) is 0 Å². The van der Waals surface area contributed by atoms with E-state index >= 15 is 0 Å². The molecule has 0 aromatic heterocycles. The highest BCUT2D eigenvalue weighted by Gasteiger charge is 2.19. The van der Waals surface area contributed by atoms with Crippen LogP contribution in [0.15, 0.2) is 83.3 Å². The Bertz CT molecular complexity index is 1300. The highest BCUT2D eigenvalue weighted by molar-refractivity contribution is 7.74. The number of hydrogen-bond acceptors (Lipinski definition) is 8. The smallest absolute Gasteiger partial charge is 0.248 e. The molecule has 0 atom stereocenters. The molecule has 2 amide bonds. The Kier molecular flexibility index (Phi) is 7.71. The van der Waals surface area contributed by atoms with E-state index in [0.717, 1.165) is 0 Å². The van der Waals surface area contributed by atoms with Crippen molar-refractivity contribution in [2.24, 2.45) is 22.9 Å². The molecular formula is C20H18N4O6S2. The molecule has 0 saturated heterocycles. The Morgan fingerprint density at radius 1 is 0.594 bits per heavy atom. The molecule has 0 unspecified atom stereocenters. The van der Waals surface area contributed by atoms with E-state index in [0.29, 0.717) is 11.1 Å². The van der Waals surface area contributed by atoms with Crippen LogP contribution in [0.1, 0.15) is 20.7 Å². The van der Waals surface area contributed by atoms with Gasteiger partial charge in [-0.2, -0.15) is 16.8 Å². The van der Waals surface area contributed by atoms with E-state index in [1.165, 1.54) is 60.7 Å². The van der Waals surface area contributed by atoms with Crippen LogP contribution in [0.25, 0.3) is 0 Å². The maximum atomic E-state index is 11.3. The lowest BCUT2D eigenvalue weighted by molar-refractivity contribution is 0.0988. The first-order chi connectivity index (χ1) is 15.0. The SMILES string of the molecule is NC(=O)c1ccc(C(N)=O)cc1.NC1=CC(=S(=O)=O)C(=C2C=CC(N)=CC2=S(=O)=O)C=C1. The van der Waals surface area contributed by atoms with Gasteiger partial charge in [-0.05, 0) is 48.6 Å². The van der Waals surface area contributed by atoms with Gasteiger partial charge in [0.2, 0.25) is 32.4 Å². The van der Waals surface area contributed by atoms with E-state index in [2.05, 4.69) is 0 Å². The zero-order chi connectivity index (χ0) is 24.0. The normalized spacial score (nSPS) is 17.0. The Morgan fingerprint density at radius 2 is 0.906 bits per heavy atom. The van der Waals surface area contributed by atoms with Crippen molar-refractivity contribution >= 4 is 42.1 Å². The van der Waals surface area contributed by atoms with Crippen molar-refractivity contribution in [1.82, 2.24) is 0 Å². The van der Waals surface area contributed by atoms with Crippen LogP contribution < -0.4 is 22.9 Å². The maximum absolute atomic E-state index is 11.3. The minimum absolute atomic E-state index is 0.0681. The Morgan fingerprint density at radius 3 is 1.16 bits per heavy atom. The van der Waals surface area contributed by atoms with Crippen LogP contribution in [0.3, 0.4) is 0 Å². The van der Waals surface area contributed by atoms with Gasteiger partial charge in [0.05, 0.1) is 0 Å². The van der Waals surface area contributed by atoms with Crippen molar-refractivity contribution in [3.05, 3.63) is 94.4 Å². The second kappa shape index (κ2) is 10.2. The first-order valence-corrected chi connectivity index (χ1v) is 10.8. The van der Waals surface area contributed by atoms with Crippen LogP contribution >= 0.6 is 0 Å². The number of carbonyl (C=O) groups excluding carboxylic acids is 2. The van der Waals surface area contributed by atoms with Crippen molar-refractivity contribution in [2.75, 3.05) is 0 Å². The van der Waals surface area contributed by atoms with Gasteiger partial charge >= 0.3 is 0 Å². The Labute approximate surface area is 185 Å². The van der Waals surface area contributed by atoms with Crippen molar-refractivity contribution in [1.29, 1.82) is 0 Å². The molecule has 0 saturated carbocycles. The number of nitrogens with two attached hydrogens (primary N) is 4. The molecule has 1 aromatic carbocycles. The fraction of sp³-hybridized carbons (Fsp3) is 0. The molecule has 3 rings (SSSR count). The van der Waals surface area contributed by atoms with Gasteiger partial charge in [0.1, 0.15) is 9.73 Å². The lowest BCUT2D eigenvalue weighted by atomic mass is 9.94. The first-order valence-electron chi connectivity index (χ1n) is 8.69. The van der Waals surface area contributed by atoms with Crippen LogP contribution in [0.5, 0.6) is 0 Å². The summed E-state index contributed by atoms with van der Waals surface area (Å²) in [6, 6.07) is 5.84. The first kappa shape index (κ1) is 24.1. The predicted octanol–water partition coefficient (Wildman–Crippen LogP) is -0.905. The van der Waals surface area contributed by atoms with Gasteiger partial charge in [-0.25, -0.2) is 0 Å². The number of amides is 2. The van der Waals surface area contributed by atoms with Gasteiger partial charge < -0.3 is 22.9 Å². The van der Waals surface area contributed by atoms with Gasteiger partial charge in [0.25, 0.3) is 0 Å². The van der Waals surface area contributed by atoms with Gasteiger partial charge in [0.15, 0.2) is 0 Å². The number of allylic oxidation sites excluding steroid dienone is 8. The Hall–Kier alpha value is -4.16. The average Bonchev–Trinajstić information content (AvgIpc) is 2.74. The maximum Gasteiger partial charge on any atom is 0.248 e. The van der Waals surface area contributed by atoms with E-state index < -0.39 is 32.4 Å². The largest absolute Gasteiger partial charge is 0.399 e. The zero-order valence-corrected chi connectivity index (χ0v) is 18.0. The van der Waals surface area contributed by atoms with Crippen molar-refractivity contribution in [2.45, 2.75) is 0 Å². The average molecular weight is 475 g/mol. The van der Waals surface area contributed by atoms with Crippen molar-refractivity contribution in [3.63, 3.8) is 0 Å². The fourth-order valence-electron chi connectivity index (χ4n) is 2.60. The third-order valence-corrected chi connectivity index (χ3v) is 5.51. The van der Waals surface area contributed by atoms with Crippen molar-refractivity contribution in [3.8, 4) is 0 Å². The molecule has 12 heteroatoms. The summed E-state index contributed by atoms with van der Waals surface area (Å²) in [6.45, 7) is 0. The molecule has 0 aliphatic heterocycles. The fourth-order valence-corrected chi connectivity index (χ4v) is 3.78.